The first-order chi connectivity index (χ1) is 9.52. The third-order valence-electron chi connectivity index (χ3n) is 3.72. The molecule has 1 aliphatic heterocycles. The number of Topliss-reactive ketones (excluding diaryl/α,β-unsaturated/α-hetero) is 1. The van der Waals surface area contributed by atoms with Gasteiger partial charge >= 0.3 is 0 Å². The summed E-state index contributed by atoms with van der Waals surface area (Å²) in [6, 6.07) is 1.84. The van der Waals surface area contributed by atoms with E-state index in [2.05, 4.69) is 10.2 Å². The van der Waals surface area contributed by atoms with Gasteiger partial charge in [0.15, 0.2) is 0 Å². The van der Waals surface area contributed by atoms with Crippen LogP contribution in [0.4, 0.5) is 0 Å². The molecule has 0 radical (unpaired) electrons. The summed E-state index contributed by atoms with van der Waals surface area (Å²) in [5.74, 6) is 0.123. The highest BCUT2D eigenvalue weighted by molar-refractivity contribution is 5.96. The number of aryl methyl sites for hydroxylation is 2. The molecule has 1 amide bonds. The molecule has 1 saturated heterocycles. The lowest BCUT2D eigenvalue weighted by Gasteiger charge is -2.24. The van der Waals surface area contributed by atoms with Crippen molar-refractivity contribution in [2.75, 3.05) is 6.54 Å². The van der Waals surface area contributed by atoms with Crippen LogP contribution in [0.25, 0.3) is 0 Å². The number of amides is 1. The maximum Gasteiger partial charge on any atom is 0.256 e. The van der Waals surface area contributed by atoms with Crippen molar-refractivity contribution in [2.24, 2.45) is 0 Å². The van der Waals surface area contributed by atoms with Crippen molar-refractivity contribution in [1.82, 2.24) is 15.1 Å². The van der Waals surface area contributed by atoms with E-state index in [0.29, 0.717) is 18.4 Å². The second-order valence-corrected chi connectivity index (χ2v) is 5.40. The number of nitrogens with zero attached hydrogens (tertiary/aromatic N) is 3. The summed E-state index contributed by atoms with van der Waals surface area (Å²) in [4.78, 5) is 25.9. The molecule has 0 aliphatic carbocycles. The molecule has 2 rings (SSSR count). The summed E-state index contributed by atoms with van der Waals surface area (Å²) in [6.07, 6.45) is 3.00. The first kappa shape index (κ1) is 14.6. The number of hydrogen-bond donors (Lipinski definition) is 0. The maximum atomic E-state index is 12.7. The molecular weight excluding hydrogens is 254 g/mol. The van der Waals surface area contributed by atoms with Crippen molar-refractivity contribution < 1.29 is 9.59 Å². The highest BCUT2D eigenvalue weighted by atomic mass is 16.2. The first-order valence-electron chi connectivity index (χ1n) is 7.16. The standard InChI is InChI=1S/C15H21N3O2/c1-4-14-13(8-10(2)16-17-14)15(20)18-7-5-6-12(18)9-11(3)19/h8,12H,4-7,9H2,1-3H3. The van der Waals surface area contributed by atoms with Gasteiger partial charge in [0.2, 0.25) is 0 Å². The number of hydrogen-bond acceptors (Lipinski definition) is 4. The van der Waals surface area contributed by atoms with Crippen LogP contribution in [0.15, 0.2) is 6.07 Å². The molecular formula is C15H21N3O2. The predicted octanol–water partition coefficient (Wildman–Crippen LogP) is 1.93. The Morgan fingerprint density at radius 3 is 2.80 bits per heavy atom. The lowest BCUT2D eigenvalue weighted by atomic mass is 10.1. The van der Waals surface area contributed by atoms with Crippen LogP contribution >= 0.6 is 0 Å². The zero-order chi connectivity index (χ0) is 14.7. The average Bonchev–Trinajstić information content (AvgIpc) is 2.85. The van der Waals surface area contributed by atoms with Gasteiger partial charge < -0.3 is 4.90 Å². The molecule has 0 spiro atoms. The summed E-state index contributed by atoms with van der Waals surface area (Å²) in [5, 5.41) is 8.12. The zero-order valence-electron chi connectivity index (χ0n) is 12.3. The number of ketones is 1. The van der Waals surface area contributed by atoms with Crippen LogP contribution in [-0.2, 0) is 11.2 Å². The molecule has 2 heterocycles. The quantitative estimate of drug-likeness (QED) is 0.842. The summed E-state index contributed by atoms with van der Waals surface area (Å²) in [6.45, 7) is 6.10. The maximum absolute atomic E-state index is 12.7. The third kappa shape index (κ3) is 3.03. The monoisotopic (exact) mass is 275 g/mol. The van der Waals surface area contributed by atoms with Gasteiger partial charge in [-0.2, -0.15) is 10.2 Å². The van der Waals surface area contributed by atoms with Crippen molar-refractivity contribution in [3.8, 4) is 0 Å². The fourth-order valence-electron chi connectivity index (χ4n) is 2.76. The zero-order valence-corrected chi connectivity index (χ0v) is 12.3. The first-order valence-corrected chi connectivity index (χ1v) is 7.16. The largest absolute Gasteiger partial charge is 0.335 e. The third-order valence-corrected chi connectivity index (χ3v) is 3.72. The van der Waals surface area contributed by atoms with E-state index in [9.17, 15) is 9.59 Å². The molecule has 5 nitrogen and oxygen atoms in total. The molecule has 108 valence electrons. The van der Waals surface area contributed by atoms with Crippen LogP contribution in [0.2, 0.25) is 0 Å². The Bertz CT molecular complexity index is 528. The van der Waals surface area contributed by atoms with Gasteiger partial charge in [-0.1, -0.05) is 6.92 Å². The lowest BCUT2D eigenvalue weighted by molar-refractivity contribution is -0.117. The van der Waals surface area contributed by atoms with E-state index in [1.807, 2.05) is 18.7 Å². The molecule has 1 fully saturated rings. The Morgan fingerprint density at radius 1 is 1.40 bits per heavy atom. The van der Waals surface area contributed by atoms with Crippen LogP contribution in [0.1, 0.15) is 54.9 Å². The van der Waals surface area contributed by atoms with Gasteiger partial charge in [0.05, 0.1) is 17.0 Å². The van der Waals surface area contributed by atoms with Crippen LogP contribution in [0.3, 0.4) is 0 Å². The van der Waals surface area contributed by atoms with Gasteiger partial charge in [0.1, 0.15) is 5.78 Å². The summed E-state index contributed by atoms with van der Waals surface area (Å²) >= 11 is 0. The number of aromatic nitrogens is 2. The molecule has 1 aromatic heterocycles. The normalized spacial score (nSPS) is 18.4. The van der Waals surface area contributed by atoms with Crippen LogP contribution in [0, 0.1) is 6.92 Å². The van der Waals surface area contributed by atoms with Crippen molar-refractivity contribution in [3.63, 3.8) is 0 Å². The minimum Gasteiger partial charge on any atom is -0.335 e. The van der Waals surface area contributed by atoms with Gasteiger partial charge in [-0.15, -0.1) is 0 Å². The van der Waals surface area contributed by atoms with E-state index in [4.69, 9.17) is 0 Å². The topological polar surface area (TPSA) is 63.2 Å². The van der Waals surface area contributed by atoms with E-state index < -0.39 is 0 Å². The molecule has 0 N–H and O–H groups in total. The highest BCUT2D eigenvalue weighted by Crippen LogP contribution is 2.23. The van der Waals surface area contributed by atoms with Crippen LogP contribution in [-0.4, -0.2) is 39.4 Å². The molecule has 0 bridgehead atoms. The smallest absolute Gasteiger partial charge is 0.256 e. The SMILES string of the molecule is CCc1nnc(C)cc1C(=O)N1CCCC1CC(C)=O. The summed E-state index contributed by atoms with van der Waals surface area (Å²) < 4.78 is 0. The minimum absolute atomic E-state index is 0.0106. The Morgan fingerprint density at radius 2 is 2.15 bits per heavy atom. The molecule has 1 unspecified atom stereocenters. The molecule has 1 atom stereocenters. The Kier molecular flexibility index (Phi) is 4.47. The second kappa shape index (κ2) is 6.11. The van der Waals surface area contributed by atoms with Crippen LogP contribution < -0.4 is 0 Å². The lowest BCUT2D eigenvalue weighted by Crippen LogP contribution is -2.37. The molecule has 0 saturated carbocycles. The number of likely N-dealkylation sites (tertiary alicyclic amines) is 1. The van der Waals surface area contributed by atoms with E-state index >= 15 is 0 Å². The van der Waals surface area contributed by atoms with E-state index in [1.165, 1.54) is 0 Å². The summed E-state index contributed by atoms with van der Waals surface area (Å²) in [5.41, 5.74) is 2.11. The van der Waals surface area contributed by atoms with Gasteiger partial charge in [0, 0.05) is 19.0 Å². The fourth-order valence-corrected chi connectivity index (χ4v) is 2.76. The highest BCUT2D eigenvalue weighted by Gasteiger charge is 2.31. The minimum atomic E-state index is -0.0106. The number of carbonyl (C=O) groups excluding carboxylic acids is 2. The fraction of sp³-hybridized carbons (Fsp3) is 0.600. The predicted molar refractivity (Wildman–Crippen MR) is 75.5 cm³/mol. The van der Waals surface area contributed by atoms with Crippen molar-refractivity contribution >= 4 is 11.7 Å². The average molecular weight is 275 g/mol. The Labute approximate surface area is 119 Å². The van der Waals surface area contributed by atoms with Crippen LogP contribution in [0.5, 0.6) is 0 Å². The van der Waals surface area contributed by atoms with Gasteiger partial charge in [-0.3, -0.25) is 9.59 Å². The van der Waals surface area contributed by atoms with Crippen molar-refractivity contribution in [1.29, 1.82) is 0 Å². The molecule has 5 heteroatoms. The second-order valence-electron chi connectivity index (χ2n) is 5.40. The van der Waals surface area contributed by atoms with E-state index in [0.717, 1.165) is 30.8 Å². The molecule has 0 aromatic carbocycles. The number of carbonyl (C=O) groups is 2. The molecule has 1 aromatic rings. The molecule has 1 aliphatic rings. The van der Waals surface area contributed by atoms with Crippen molar-refractivity contribution in [2.45, 2.75) is 52.5 Å². The van der Waals surface area contributed by atoms with Gasteiger partial charge in [-0.25, -0.2) is 0 Å². The van der Waals surface area contributed by atoms with E-state index in [-0.39, 0.29) is 17.7 Å². The Hall–Kier alpha value is -1.78. The number of rotatable bonds is 4. The molecule has 20 heavy (non-hydrogen) atoms. The van der Waals surface area contributed by atoms with Gasteiger partial charge in [0.25, 0.3) is 5.91 Å². The van der Waals surface area contributed by atoms with Crippen molar-refractivity contribution in [3.05, 3.63) is 23.0 Å². The van der Waals surface area contributed by atoms with E-state index in [1.54, 1.807) is 13.0 Å². The summed E-state index contributed by atoms with van der Waals surface area (Å²) in [7, 11) is 0. The van der Waals surface area contributed by atoms with Gasteiger partial charge in [-0.05, 0) is 39.2 Å². The Balaban J connectivity index is 2.26.